The number of Topliss-reactive ketones (excluding diaryl/α,β-unsaturated/α-hetero) is 1. The van der Waals surface area contributed by atoms with Crippen LogP contribution in [0.2, 0.25) is 0 Å². The summed E-state index contributed by atoms with van der Waals surface area (Å²) in [6.07, 6.45) is 8.28. The van der Waals surface area contributed by atoms with Crippen LogP contribution in [-0.4, -0.2) is 23.8 Å². The standard InChI is InChI=1S/C41H59NO4/c1-24(2)27-13-11-12-14-29(27)42-36(45)41-22-21-39(9)28(35(41)34(25(3)4)30(44)23-41)15-16-32-38(8)19-18-33(46-26(5)43)37(6,7)31(38)17-20-40(32,39)10/h11-14,24-25,31-34H,15-23H2,1-10H3,(H,42,45)/t31?,32?,33-,34?,38-,39+,40+,41+/m0/s1. The first-order valence-corrected chi connectivity index (χ1v) is 18.3. The SMILES string of the molecule is CC(=O)O[C@H]1CC[C@@]2(C)C(CC[C@]3(C)C2CCC2=C4C(C(C)C)C(=O)C[C@]4(C(=O)Nc4ccccc4C(C)C)CC[C@]23C)C1(C)C. The van der Waals surface area contributed by atoms with Gasteiger partial charge in [-0.15, -0.1) is 0 Å². The zero-order valence-corrected chi connectivity index (χ0v) is 30.3. The van der Waals surface area contributed by atoms with Gasteiger partial charge in [0.15, 0.2) is 0 Å². The first-order valence-electron chi connectivity index (χ1n) is 18.3. The molecule has 5 heteroatoms. The summed E-state index contributed by atoms with van der Waals surface area (Å²) in [5.41, 5.74) is 3.99. The molecule has 4 fully saturated rings. The number of hydrogen-bond donors (Lipinski definition) is 1. The van der Waals surface area contributed by atoms with E-state index in [1.54, 1.807) is 6.92 Å². The highest BCUT2D eigenvalue weighted by Crippen LogP contribution is 2.76. The molecule has 4 saturated carbocycles. The lowest BCUT2D eigenvalue weighted by atomic mass is 9.34. The molecule has 1 N–H and O–H groups in total. The Morgan fingerprint density at radius 2 is 1.59 bits per heavy atom. The number of allylic oxidation sites excluding steroid dienone is 1. The van der Waals surface area contributed by atoms with Gasteiger partial charge in [-0.3, -0.25) is 14.4 Å². The largest absolute Gasteiger partial charge is 0.462 e. The molecule has 0 heterocycles. The van der Waals surface area contributed by atoms with E-state index < -0.39 is 5.41 Å². The van der Waals surface area contributed by atoms with Crippen LogP contribution in [0.1, 0.15) is 139 Å². The Balaban J connectivity index is 1.42. The Hall–Kier alpha value is -2.43. The van der Waals surface area contributed by atoms with Crippen molar-refractivity contribution in [3.8, 4) is 0 Å². The zero-order valence-electron chi connectivity index (χ0n) is 30.3. The van der Waals surface area contributed by atoms with E-state index in [0.717, 1.165) is 62.6 Å². The Bertz CT molecular complexity index is 1470. The normalized spacial score (nSPS) is 39.8. The van der Waals surface area contributed by atoms with E-state index in [9.17, 15) is 14.4 Å². The zero-order chi connectivity index (χ0) is 33.6. The van der Waals surface area contributed by atoms with Crippen LogP contribution in [0, 0.1) is 50.7 Å². The summed E-state index contributed by atoms with van der Waals surface area (Å²) in [7, 11) is 0. The maximum atomic E-state index is 14.7. The van der Waals surface area contributed by atoms with Gasteiger partial charge in [-0.2, -0.15) is 0 Å². The van der Waals surface area contributed by atoms with Crippen molar-refractivity contribution in [2.75, 3.05) is 5.32 Å². The number of benzene rings is 1. The molecule has 0 spiro atoms. The molecule has 5 aliphatic carbocycles. The number of nitrogens with one attached hydrogen (secondary N) is 1. The van der Waals surface area contributed by atoms with Crippen LogP contribution >= 0.6 is 0 Å². The predicted octanol–water partition coefficient (Wildman–Crippen LogP) is 9.66. The second-order valence-electron chi connectivity index (χ2n) is 17.9. The van der Waals surface area contributed by atoms with E-state index in [1.807, 2.05) is 18.2 Å². The highest BCUT2D eigenvalue weighted by atomic mass is 16.5. The molecule has 0 saturated heterocycles. The van der Waals surface area contributed by atoms with Crippen molar-refractivity contribution in [2.24, 2.45) is 50.7 Å². The van der Waals surface area contributed by atoms with Crippen LogP contribution in [0.15, 0.2) is 35.4 Å². The van der Waals surface area contributed by atoms with Gasteiger partial charge in [-0.25, -0.2) is 0 Å². The van der Waals surface area contributed by atoms with Crippen LogP contribution in [-0.2, 0) is 19.1 Å². The van der Waals surface area contributed by atoms with Gasteiger partial charge in [0.2, 0.25) is 5.91 Å². The fraction of sp³-hybridized carbons (Fsp3) is 0.732. The first-order chi connectivity index (χ1) is 21.4. The topological polar surface area (TPSA) is 72.5 Å². The molecule has 0 aromatic heterocycles. The molecular formula is C41H59NO4. The molecule has 0 aliphatic heterocycles. The molecule has 46 heavy (non-hydrogen) atoms. The van der Waals surface area contributed by atoms with Crippen molar-refractivity contribution in [3.05, 3.63) is 41.0 Å². The van der Waals surface area contributed by atoms with Crippen molar-refractivity contribution in [1.82, 2.24) is 0 Å². The molecule has 252 valence electrons. The van der Waals surface area contributed by atoms with E-state index in [1.165, 1.54) is 11.1 Å². The highest BCUT2D eigenvalue weighted by Gasteiger charge is 2.69. The minimum Gasteiger partial charge on any atom is -0.462 e. The van der Waals surface area contributed by atoms with Crippen molar-refractivity contribution in [2.45, 2.75) is 139 Å². The fourth-order valence-corrected chi connectivity index (χ4v) is 12.5. The third-order valence-electron chi connectivity index (χ3n) is 14.9. The Labute approximate surface area is 278 Å². The second kappa shape index (κ2) is 11.1. The number of rotatable bonds is 5. The number of esters is 1. The minimum atomic E-state index is -0.765. The predicted molar refractivity (Wildman–Crippen MR) is 184 cm³/mol. The number of carbonyl (C=O) groups excluding carboxylic acids is 3. The molecule has 6 rings (SSSR count). The van der Waals surface area contributed by atoms with Crippen LogP contribution in [0.4, 0.5) is 5.69 Å². The molecule has 1 aromatic carbocycles. The number of anilines is 1. The maximum absolute atomic E-state index is 14.7. The fourth-order valence-electron chi connectivity index (χ4n) is 12.5. The van der Waals surface area contributed by atoms with Crippen LogP contribution in [0.3, 0.4) is 0 Å². The molecular weight excluding hydrogens is 570 g/mol. The second-order valence-corrected chi connectivity index (χ2v) is 17.9. The lowest BCUT2D eigenvalue weighted by Gasteiger charge is -2.70. The van der Waals surface area contributed by atoms with Crippen molar-refractivity contribution in [3.63, 3.8) is 0 Å². The molecule has 8 atom stereocenters. The van der Waals surface area contributed by atoms with E-state index in [-0.39, 0.29) is 63.2 Å². The summed E-state index contributed by atoms with van der Waals surface area (Å²) >= 11 is 0. The summed E-state index contributed by atoms with van der Waals surface area (Å²) in [5, 5.41) is 3.39. The number of ketones is 1. The lowest BCUT2D eigenvalue weighted by molar-refractivity contribution is -0.213. The van der Waals surface area contributed by atoms with Crippen LogP contribution in [0.5, 0.6) is 0 Å². The van der Waals surface area contributed by atoms with Gasteiger partial charge in [-0.1, -0.05) is 86.1 Å². The summed E-state index contributed by atoms with van der Waals surface area (Å²) in [4.78, 5) is 40.8. The van der Waals surface area contributed by atoms with E-state index in [4.69, 9.17) is 4.74 Å². The van der Waals surface area contributed by atoms with Gasteiger partial charge in [0, 0.05) is 30.4 Å². The van der Waals surface area contributed by atoms with Gasteiger partial charge >= 0.3 is 5.97 Å². The third-order valence-corrected chi connectivity index (χ3v) is 14.9. The Morgan fingerprint density at radius 1 is 0.891 bits per heavy atom. The van der Waals surface area contributed by atoms with Gasteiger partial charge in [-0.05, 0) is 108 Å². The van der Waals surface area contributed by atoms with Crippen molar-refractivity contribution in [1.29, 1.82) is 0 Å². The number of para-hydroxylation sites is 1. The van der Waals surface area contributed by atoms with Gasteiger partial charge < -0.3 is 10.1 Å². The van der Waals surface area contributed by atoms with E-state index in [2.05, 4.69) is 73.7 Å². The molecule has 5 aliphatic rings. The Kier molecular flexibility index (Phi) is 8.04. The number of ether oxygens (including phenoxy) is 1. The quantitative estimate of drug-likeness (QED) is 0.260. The number of fused-ring (bicyclic) bond motifs is 6. The smallest absolute Gasteiger partial charge is 0.302 e. The Morgan fingerprint density at radius 3 is 2.24 bits per heavy atom. The summed E-state index contributed by atoms with van der Waals surface area (Å²) in [6.45, 7) is 22.5. The maximum Gasteiger partial charge on any atom is 0.302 e. The van der Waals surface area contributed by atoms with Crippen molar-refractivity contribution < 1.29 is 19.1 Å². The molecule has 0 radical (unpaired) electrons. The van der Waals surface area contributed by atoms with Crippen LogP contribution in [0.25, 0.3) is 0 Å². The molecule has 1 aromatic rings. The lowest BCUT2D eigenvalue weighted by Crippen LogP contribution is -2.64. The number of carbonyl (C=O) groups is 3. The van der Waals surface area contributed by atoms with Crippen molar-refractivity contribution >= 4 is 23.3 Å². The first kappa shape index (κ1) is 33.5. The summed E-state index contributed by atoms with van der Waals surface area (Å²) in [6, 6.07) is 8.15. The van der Waals surface area contributed by atoms with Gasteiger partial charge in [0.05, 0.1) is 5.41 Å². The molecule has 1 amide bonds. The number of amides is 1. The monoisotopic (exact) mass is 629 g/mol. The molecule has 5 nitrogen and oxygen atoms in total. The minimum absolute atomic E-state index is 0.0233. The van der Waals surface area contributed by atoms with Crippen LogP contribution < -0.4 is 5.32 Å². The number of hydrogen-bond acceptors (Lipinski definition) is 4. The van der Waals surface area contributed by atoms with Gasteiger partial charge in [0.1, 0.15) is 11.9 Å². The summed E-state index contributed by atoms with van der Waals surface area (Å²) < 4.78 is 5.94. The highest BCUT2D eigenvalue weighted by molar-refractivity contribution is 6.06. The third kappa shape index (κ3) is 4.55. The molecule has 3 unspecified atom stereocenters. The average Bonchev–Trinajstić information content (AvgIpc) is 3.28. The van der Waals surface area contributed by atoms with Gasteiger partial charge in [0.25, 0.3) is 0 Å². The summed E-state index contributed by atoms with van der Waals surface area (Å²) in [5.74, 6) is 1.39. The van der Waals surface area contributed by atoms with E-state index in [0.29, 0.717) is 18.3 Å². The average molecular weight is 630 g/mol. The van der Waals surface area contributed by atoms with E-state index >= 15 is 0 Å². The molecule has 0 bridgehead atoms.